The minimum atomic E-state index is -0.431. The quantitative estimate of drug-likeness (QED) is 0.118. The first kappa shape index (κ1) is 36.1. The van der Waals surface area contributed by atoms with Crippen LogP contribution in [0.5, 0.6) is 0 Å². The van der Waals surface area contributed by atoms with E-state index in [-0.39, 0.29) is 41.5 Å². The Labute approximate surface area is 325 Å². The molecule has 0 atom stereocenters. The van der Waals surface area contributed by atoms with Gasteiger partial charge in [-0.15, -0.1) is 91.2 Å². The van der Waals surface area contributed by atoms with Gasteiger partial charge in [0.25, 0.3) is 5.95 Å². The summed E-state index contributed by atoms with van der Waals surface area (Å²) in [6.07, 6.45) is 4.94. The normalized spacial score (nSPS) is 11.6. The molecular weight excluding hydrogens is 904 g/mol. The van der Waals surface area contributed by atoms with Crippen LogP contribution in [0.1, 0.15) is 49.9 Å². The van der Waals surface area contributed by atoms with E-state index in [0.717, 1.165) is 66.6 Å². The van der Waals surface area contributed by atoms with Gasteiger partial charge in [0, 0.05) is 12.4 Å². The van der Waals surface area contributed by atoms with Crippen LogP contribution in [0.25, 0.3) is 50.3 Å². The Balaban J connectivity index is 0.00000224. The fourth-order valence-corrected chi connectivity index (χ4v) is 6.38. The van der Waals surface area contributed by atoms with Crippen molar-refractivity contribution in [3.63, 3.8) is 0 Å². The topological polar surface area (TPSA) is 82.3 Å². The first-order valence-corrected chi connectivity index (χ1v) is 16.1. The smallest absolute Gasteiger partial charge is 0.326 e. The zero-order valence-corrected chi connectivity index (χ0v) is 32.1. The van der Waals surface area contributed by atoms with Crippen molar-refractivity contribution in [2.45, 2.75) is 38.5 Å². The van der Waals surface area contributed by atoms with Crippen LogP contribution in [0.4, 0.5) is 0 Å². The molecule has 0 N–H and O–H groups in total. The van der Waals surface area contributed by atoms with Crippen molar-refractivity contribution >= 4 is 21.8 Å². The molecule has 4 aromatic carbocycles. The average Bonchev–Trinajstić information content (AvgIpc) is 3.49. The molecule has 8 rings (SSSR count). The third-order valence-electron chi connectivity index (χ3n) is 9.35. The van der Waals surface area contributed by atoms with Gasteiger partial charge in [-0.3, -0.25) is 0 Å². The van der Waals surface area contributed by atoms with Gasteiger partial charge >= 0.3 is 41.5 Å². The standard InChI is InChI=1S/C42H31N7.Pd.Pt/c1-41(2,30-13-9-11-28(23-30)36-15-5-7-21-43-36)32-17-19-34-35-20-18-33(26-39(35)49(38(34)25-32)40-47-45-27-46-48-40)42(3,4)31-14-10-12-29(24-31)37-16-6-8-22-44-37;;/h5-22,27H,1-4H3;;/q-4;2*+2. The van der Waals surface area contributed by atoms with Crippen molar-refractivity contribution in [2.75, 3.05) is 0 Å². The predicted octanol–water partition coefficient (Wildman–Crippen LogP) is 8.34. The zero-order valence-electron chi connectivity index (χ0n) is 28.2. The molecule has 51 heavy (non-hydrogen) atoms. The molecule has 0 bridgehead atoms. The van der Waals surface area contributed by atoms with Gasteiger partial charge in [-0.2, -0.15) is 58.3 Å². The van der Waals surface area contributed by atoms with E-state index in [1.807, 2.05) is 53.1 Å². The van der Waals surface area contributed by atoms with E-state index in [4.69, 9.17) is 0 Å². The summed E-state index contributed by atoms with van der Waals surface area (Å²) >= 11 is 0. The van der Waals surface area contributed by atoms with E-state index in [9.17, 15) is 0 Å². The SMILES string of the molecule is CC(C)(c1[c-]c(-c2ccccn2)ccc1)c1[c-]c2c(cc1)c1ccc(C(C)(C)c3[c-]c(-c4ccccn4)ccc3)[c-]c1n2-c1nncnn1.[Pd+2].[Pt+2]. The number of hydrogen-bond donors (Lipinski definition) is 0. The largest absolute Gasteiger partial charge is 2.00 e. The molecule has 0 amide bonds. The van der Waals surface area contributed by atoms with Crippen LogP contribution in [0, 0.1) is 24.3 Å². The van der Waals surface area contributed by atoms with Gasteiger partial charge < -0.3 is 14.5 Å². The molecule has 7 nitrogen and oxygen atoms in total. The summed E-state index contributed by atoms with van der Waals surface area (Å²) < 4.78 is 1.96. The van der Waals surface area contributed by atoms with E-state index < -0.39 is 10.8 Å². The number of nitrogens with zero attached hydrogens (tertiary/aromatic N) is 7. The summed E-state index contributed by atoms with van der Waals surface area (Å²) in [5.41, 5.74) is 8.52. The van der Waals surface area contributed by atoms with Crippen LogP contribution in [0.3, 0.4) is 0 Å². The van der Waals surface area contributed by atoms with Crippen LogP contribution < -0.4 is 0 Å². The number of rotatable bonds is 7. The maximum absolute atomic E-state index is 4.54. The second kappa shape index (κ2) is 14.5. The van der Waals surface area contributed by atoms with Crippen LogP contribution in [-0.4, -0.2) is 34.9 Å². The number of aromatic nitrogens is 7. The minimum Gasteiger partial charge on any atom is -0.326 e. The van der Waals surface area contributed by atoms with Crippen molar-refractivity contribution in [3.05, 3.63) is 162 Å². The molecule has 254 valence electrons. The van der Waals surface area contributed by atoms with Crippen molar-refractivity contribution < 1.29 is 41.5 Å². The molecule has 0 radical (unpaired) electrons. The van der Waals surface area contributed by atoms with Gasteiger partial charge in [0.1, 0.15) is 0 Å². The summed E-state index contributed by atoms with van der Waals surface area (Å²) in [6, 6.07) is 47.6. The molecule has 0 spiro atoms. The molecule has 0 aliphatic heterocycles. The Morgan fingerprint density at radius 3 is 1.39 bits per heavy atom. The Hall–Kier alpha value is -4.73. The third kappa shape index (κ3) is 6.61. The van der Waals surface area contributed by atoms with E-state index in [1.165, 1.54) is 6.33 Å². The summed E-state index contributed by atoms with van der Waals surface area (Å²) in [7, 11) is 0. The molecular formula is C42H31N7PdPt. The van der Waals surface area contributed by atoms with Crippen molar-refractivity contribution in [3.8, 4) is 28.5 Å². The Morgan fingerprint density at radius 1 is 0.510 bits per heavy atom. The van der Waals surface area contributed by atoms with Gasteiger partial charge in [-0.05, 0) is 34.4 Å². The van der Waals surface area contributed by atoms with E-state index in [1.54, 1.807) is 12.4 Å². The van der Waals surface area contributed by atoms with Crippen molar-refractivity contribution in [2.24, 2.45) is 0 Å². The summed E-state index contributed by atoms with van der Waals surface area (Å²) in [5.74, 6) is 0.354. The third-order valence-corrected chi connectivity index (χ3v) is 9.35. The molecule has 9 heteroatoms. The minimum absolute atomic E-state index is 0. The molecule has 0 saturated heterocycles. The number of benzene rings is 4. The molecule has 0 saturated carbocycles. The van der Waals surface area contributed by atoms with Gasteiger partial charge in [0.15, 0.2) is 6.33 Å². The van der Waals surface area contributed by atoms with Crippen molar-refractivity contribution in [1.29, 1.82) is 0 Å². The average molecular weight is 935 g/mol. The maximum atomic E-state index is 4.54. The van der Waals surface area contributed by atoms with Crippen LogP contribution in [0.2, 0.25) is 0 Å². The van der Waals surface area contributed by atoms with Gasteiger partial charge in [0.2, 0.25) is 0 Å². The zero-order chi connectivity index (χ0) is 33.6. The second-order valence-corrected chi connectivity index (χ2v) is 13.1. The van der Waals surface area contributed by atoms with Crippen LogP contribution >= 0.6 is 0 Å². The van der Waals surface area contributed by atoms with E-state index in [0.29, 0.717) is 5.95 Å². The molecule has 4 aromatic heterocycles. The number of hydrogen-bond acceptors (Lipinski definition) is 6. The molecule has 4 heterocycles. The van der Waals surface area contributed by atoms with E-state index >= 15 is 0 Å². The Bertz CT molecular complexity index is 2300. The summed E-state index contributed by atoms with van der Waals surface area (Å²) in [5, 5.41) is 18.9. The maximum Gasteiger partial charge on any atom is 2.00 e. The molecule has 0 aliphatic rings. The first-order chi connectivity index (χ1) is 23.8. The van der Waals surface area contributed by atoms with Crippen LogP contribution in [0.15, 0.2) is 116 Å². The molecule has 0 aliphatic carbocycles. The van der Waals surface area contributed by atoms with E-state index in [2.05, 4.69) is 131 Å². The Kier molecular flexibility index (Phi) is 10.2. The first-order valence-electron chi connectivity index (χ1n) is 16.1. The summed E-state index contributed by atoms with van der Waals surface area (Å²) in [4.78, 5) is 9.08. The van der Waals surface area contributed by atoms with Gasteiger partial charge in [-0.25, -0.2) is 0 Å². The predicted molar refractivity (Wildman–Crippen MR) is 191 cm³/mol. The number of pyridine rings is 2. The molecule has 0 fully saturated rings. The van der Waals surface area contributed by atoms with Crippen LogP contribution in [-0.2, 0) is 52.3 Å². The fraction of sp³-hybridized carbons (Fsp3) is 0.143. The number of fused-ring (bicyclic) bond motifs is 3. The van der Waals surface area contributed by atoms with Crippen molar-refractivity contribution in [1.82, 2.24) is 34.9 Å². The second-order valence-electron chi connectivity index (χ2n) is 13.1. The molecule has 8 aromatic rings. The monoisotopic (exact) mass is 934 g/mol. The van der Waals surface area contributed by atoms with Gasteiger partial charge in [0.05, 0.1) is 0 Å². The Morgan fingerprint density at radius 2 is 0.961 bits per heavy atom. The molecule has 0 unspecified atom stereocenters. The summed E-state index contributed by atoms with van der Waals surface area (Å²) in [6.45, 7) is 8.76. The van der Waals surface area contributed by atoms with Gasteiger partial charge in [-0.1, -0.05) is 63.0 Å². The fourth-order valence-electron chi connectivity index (χ4n) is 6.38.